The van der Waals surface area contributed by atoms with E-state index in [9.17, 15) is 4.79 Å². The lowest BCUT2D eigenvalue weighted by Gasteiger charge is -1.96. The fraction of sp³-hybridized carbons (Fsp3) is 0.500. The average Bonchev–Trinajstić information content (AvgIpc) is 2.43. The number of carboxylic acids is 1. The van der Waals surface area contributed by atoms with E-state index >= 15 is 0 Å². The van der Waals surface area contributed by atoms with Crippen molar-refractivity contribution in [3.05, 3.63) is 12.2 Å². The van der Waals surface area contributed by atoms with Gasteiger partial charge in [-0.3, -0.25) is 4.79 Å². The molecule has 0 spiro atoms. The van der Waals surface area contributed by atoms with Gasteiger partial charge in [0, 0.05) is 12.8 Å². The van der Waals surface area contributed by atoms with Crippen LogP contribution in [0.25, 0.3) is 0 Å². The quantitative estimate of drug-likeness (QED) is 0.538. The molecule has 0 atom stereocenters. The molecule has 0 bridgehead atoms. The number of carbonyl (C=O) groups is 1. The van der Waals surface area contributed by atoms with Crippen LogP contribution in [-0.2, 0) is 4.79 Å². The van der Waals surface area contributed by atoms with Crippen LogP contribution in [-0.4, -0.2) is 11.1 Å². The number of aliphatic carboxylic acids is 1. The van der Waals surface area contributed by atoms with Crippen molar-refractivity contribution in [2.24, 2.45) is 0 Å². The summed E-state index contributed by atoms with van der Waals surface area (Å²) >= 11 is 0. The lowest BCUT2D eigenvalue weighted by molar-refractivity contribution is -0.137. The lowest BCUT2D eigenvalue weighted by Crippen LogP contribution is -1.93. The molecule has 0 saturated heterocycles. The molecule has 0 rings (SSSR count). The van der Waals surface area contributed by atoms with Gasteiger partial charge >= 0.3 is 5.97 Å². The fourth-order valence-electron chi connectivity index (χ4n) is 1.44. The topological polar surface area (TPSA) is 37.3 Å². The Hall–Kier alpha value is -2.11. The van der Waals surface area contributed by atoms with Gasteiger partial charge in [0.05, 0.1) is 0 Å². The van der Waals surface area contributed by atoms with E-state index in [2.05, 4.69) is 42.4 Å². The minimum atomic E-state index is -0.706. The van der Waals surface area contributed by atoms with Gasteiger partial charge in [-0.25, -0.2) is 0 Å². The predicted octanol–water partition coefficient (Wildman–Crippen LogP) is 3.78. The summed E-state index contributed by atoms with van der Waals surface area (Å²) < 4.78 is 0. The monoisotopic (exact) mass is 270 g/mol. The van der Waals surface area contributed by atoms with Gasteiger partial charge in [-0.2, -0.15) is 0 Å². The van der Waals surface area contributed by atoms with Crippen LogP contribution >= 0.6 is 0 Å². The van der Waals surface area contributed by atoms with Gasteiger partial charge in [0.1, 0.15) is 0 Å². The van der Waals surface area contributed by atoms with Crippen LogP contribution in [0.2, 0.25) is 0 Å². The van der Waals surface area contributed by atoms with Crippen LogP contribution in [0.1, 0.15) is 58.3 Å². The first-order valence-electron chi connectivity index (χ1n) is 7.12. The molecule has 1 N–H and O–H groups in total. The van der Waals surface area contributed by atoms with Crippen molar-refractivity contribution >= 4 is 5.97 Å². The van der Waals surface area contributed by atoms with E-state index in [4.69, 9.17) is 5.11 Å². The second-order valence-corrected chi connectivity index (χ2v) is 4.29. The van der Waals surface area contributed by atoms with Crippen LogP contribution in [0.4, 0.5) is 0 Å². The fourth-order valence-corrected chi connectivity index (χ4v) is 1.44. The zero-order valence-electron chi connectivity index (χ0n) is 12.2. The lowest BCUT2D eigenvalue weighted by atomic mass is 10.1. The van der Waals surface area contributed by atoms with Crippen LogP contribution in [0, 0.1) is 35.5 Å². The standard InChI is InChI=1S/C18H22O2/c1-2-3-4-5-6-7-8-9-10-11-12-13-14-15-16-17-18(19)20/h3-4H,2,11-17H2,1H3,(H,19,20). The second kappa shape index (κ2) is 14.9. The summed E-state index contributed by atoms with van der Waals surface area (Å²) in [6.45, 7) is 2.06. The normalized spacial score (nSPS) is 8.85. The van der Waals surface area contributed by atoms with Gasteiger partial charge in [-0.1, -0.05) is 44.1 Å². The van der Waals surface area contributed by atoms with E-state index in [-0.39, 0.29) is 6.42 Å². The van der Waals surface area contributed by atoms with E-state index in [1.54, 1.807) is 6.08 Å². The highest BCUT2D eigenvalue weighted by Gasteiger charge is 1.95. The third kappa shape index (κ3) is 15.9. The highest BCUT2D eigenvalue weighted by atomic mass is 16.4. The number of carboxylic acid groups (broad SMARTS) is 1. The molecule has 20 heavy (non-hydrogen) atoms. The Kier molecular flexibility index (Phi) is 13.4. The molecular weight excluding hydrogens is 248 g/mol. The molecule has 0 aliphatic heterocycles. The minimum Gasteiger partial charge on any atom is -0.481 e. The Morgan fingerprint density at radius 1 is 1.00 bits per heavy atom. The molecule has 0 aromatic rings. The van der Waals surface area contributed by atoms with Crippen LogP contribution < -0.4 is 0 Å². The molecule has 0 radical (unpaired) electrons. The first kappa shape index (κ1) is 17.9. The predicted molar refractivity (Wildman–Crippen MR) is 82.7 cm³/mol. The smallest absolute Gasteiger partial charge is 0.303 e. The van der Waals surface area contributed by atoms with Gasteiger partial charge in [-0.15, -0.1) is 0 Å². The molecule has 2 heteroatoms. The van der Waals surface area contributed by atoms with E-state index < -0.39 is 5.97 Å². The number of hydrogen-bond acceptors (Lipinski definition) is 1. The van der Waals surface area contributed by atoms with E-state index in [1.165, 1.54) is 0 Å². The Morgan fingerprint density at radius 2 is 1.70 bits per heavy atom. The maximum atomic E-state index is 10.3. The van der Waals surface area contributed by atoms with Gasteiger partial charge in [0.15, 0.2) is 0 Å². The Labute approximate surface area is 122 Å². The third-order valence-electron chi connectivity index (χ3n) is 2.48. The Bertz CT molecular complexity index is 467. The number of allylic oxidation sites excluding steroid dienone is 2. The molecule has 0 aliphatic carbocycles. The van der Waals surface area contributed by atoms with Crippen molar-refractivity contribution in [2.45, 2.75) is 58.3 Å². The van der Waals surface area contributed by atoms with E-state index in [0.717, 1.165) is 44.9 Å². The molecule has 0 unspecified atom stereocenters. The maximum Gasteiger partial charge on any atom is 0.303 e. The summed E-state index contributed by atoms with van der Waals surface area (Å²) in [5.41, 5.74) is 0. The van der Waals surface area contributed by atoms with Crippen molar-refractivity contribution < 1.29 is 9.90 Å². The number of unbranched alkanes of at least 4 members (excludes halogenated alkanes) is 5. The van der Waals surface area contributed by atoms with Crippen molar-refractivity contribution in [1.82, 2.24) is 0 Å². The second-order valence-electron chi connectivity index (χ2n) is 4.29. The molecule has 0 saturated carbocycles. The zero-order valence-corrected chi connectivity index (χ0v) is 12.2. The molecule has 0 amide bonds. The van der Waals surface area contributed by atoms with Crippen LogP contribution in [0.15, 0.2) is 12.2 Å². The largest absolute Gasteiger partial charge is 0.481 e. The molecule has 0 aliphatic rings. The maximum absolute atomic E-state index is 10.3. The van der Waals surface area contributed by atoms with Crippen LogP contribution in [0.3, 0.4) is 0 Å². The summed E-state index contributed by atoms with van der Waals surface area (Å²) in [6.07, 6.45) is 10.9. The van der Waals surface area contributed by atoms with Crippen LogP contribution in [0.5, 0.6) is 0 Å². The molecule has 2 nitrogen and oxygen atoms in total. The summed E-state index contributed by atoms with van der Waals surface area (Å²) in [6, 6.07) is 0. The average molecular weight is 270 g/mol. The van der Waals surface area contributed by atoms with Crippen molar-refractivity contribution in [1.29, 1.82) is 0 Å². The molecular formula is C18H22O2. The minimum absolute atomic E-state index is 0.282. The van der Waals surface area contributed by atoms with Crippen molar-refractivity contribution in [3.8, 4) is 35.5 Å². The summed E-state index contributed by atoms with van der Waals surface area (Å²) in [5, 5.41) is 8.47. The Morgan fingerprint density at radius 3 is 2.45 bits per heavy atom. The molecule has 0 fully saturated rings. The Balaban J connectivity index is 3.49. The zero-order chi connectivity index (χ0) is 14.9. The van der Waals surface area contributed by atoms with Crippen molar-refractivity contribution in [3.63, 3.8) is 0 Å². The SMILES string of the molecule is CCC=CC#CC#CC#CCCCCCCCC(=O)O. The summed E-state index contributed by atoms with van der Waals surface area (Å²) in [7, 11) is 0. The number of hydrogen-bond donors (Lipinski definition) is 1. The summed E-state index contributed by atoms with van der Waals surface area (Å²) in [4.78, 5) is 10.3. The third-order valence-corrected chi connectivity index (χ3v) is 2.48. The highest BCUT2D eigenvalue weighted by molar-refractivity contribution is 5.66. The van der Waals surface area contributed by atoms with Gasteiger partial charge in [0.25, 0.3) is 0 Å². The number of rotatable bonds is 8. The molecule has 0 aromatic carbocycles. The van der Waals surface area contributed by atoms with Gasteiger partial charge < -0.3 is 5.11 Å². The van der Waals surface area contributed by atoms with Gasteiger partial charge in [0.2, 0.25) is 0 Å². The van der Waals surface area contributed by atoms with Gasteiger partial charge in [-0.05, 0) is 49.0 Å². The molecule has 106 valence electrons. The highest BCUT2D eigenvalue weighted by Crippen LogP contribution is 2.06. The first-order chi connectivity index (χ1) is 9.77. The summed E-state index contributed by atoms with van der Waals surface area (Å²) in [5.74, 6) is 16.0. The molecule has 0 heterocycles. The first-order valence-corrected chi connectivity index (χ1v) is 7.12. The van der Waals surface area contributed by atoms with E-state index in [1.807, 2.05) is 6.08 Å². The molecule has 0 aromatic heterocycles. The van der Waals surface area contributed by atoms with Crippen molar-refractivity contribution in [2.75, 3.05) is 0 Å². The van der Waals surface area contributed by atoms with E-state index in [0.29, 0.717) is 0 Å².